The molecule has 4 nitrogen and oxygen atoms in total. The molecule has 21 heavy (non-hydrogen) atoms. The van der Waals surface area contributed by atoms with E-state index in [9.17, 15) is 4.79 Å². The quantitative estimate of drug-likeness (QED) is 0.860. The molecule has 0 saturated heterocycles. The second-order valence-corrected chi connectivity index (χ2v) is 8.16. The zero-order chi connectivity index (χ0) is 14.8. The maximum atomic E-state index is 12.6. The first kappa shape index (κ1) is 15.4. The number of hydrogen-bond acceptors (Lipinski definition) is 4. The molecule has 2 aliphatic rings. The van der Waals surface area contributed by atoms with Crippen molar-refractivity contribution in [2.24, 2.45) is 5.92 Å². The zero-order valence-electron chi connectivity index (χ0n) is 12.3. The molecule has 1 heterocycles. The Balaban J connectivity index is 1.74. The third-order valence-electron chi connectivity index (χ3n) is 4.72. The number of rotatable bonds is 5. The molecule has 116 valence electrons. The van der Waals surface area contributed by atoms with Gasteiger partial charge in [0.2, 0.25) is 0 Å². The van der Waals surface area contributed by atoms with Gasteiger partial charge >= 0.3 is 0 Å². The molecule has 2 atom stereocenters. The highest BCUT2D eigenvalue weighted by atomic mass is 79.9. The van der Waals surface area contributed by atoms with Crippen LogP contribution in [0.15, 0.2) is 15.5 Å². The molecular weight excluding hydrogens is 350 g/mol. The lowest BCUT2D eigenvalue weighted by Crippen LogP contribution is -2.32. The Bertz CT molecular complexity index is 558. The van der Waals surface area contributed by atoms with Gasteiger partial charge < -0.3 is 5.32 Å². The van der Waals surface area contributed by atoms with E-state index in [0.717, 1.165) is 29.1 Å². The highest BCUT2D eigenvalue weighted by Gasteiger charge is 2.26. The first-order valence-corrected chi connectivity index (χ1v) is 9.80. The van der Waals surface area contributed by atoms with Gasteiger partial charge in [0.15, 0.2) is 0 Å². The van der Waals surface area contributed by atoms with Crippen molar-refractivity contribution in [2.75, 3.05) is 11.6 Å². The van der Waals surface area contributed by atoms with Crippen LogP contribution >= 0.6 is 27.7 Å². The van der Waals surface area contributed by atoms with Gasteiger partial charge in [0.1, 0.15) is 5.69 Å². The highest BCUT2D eigenvalue weighted by Crippen LogP contribution is 2.31. The standard InChI is InChI=1S/C15H22BrN3OS/c1-21-12-6-5-11(7-12)18-14-13(16)8-17-19(15(14)20)9-10-3-2-4-10/h8,10-12,18H,2-7,9H2,1H3. The first-order chi connectivity index (χ1) is 10.2. The van der Waals surface area contributed by atoms with Crippen molar-refractivity contribution < 1.29 is 0 Å². The summed E-state index contributed by atoms with van der Waals surface area (Å²) in [4.78, 5) is 12.6. The Labute approximate surface area is 138 Å². The van der Waals surface area contributed by atoms with E-state index in [1.807, 2.05) is 11.8 Å². The summed E-state index contributed by atoms with van der Waals surface area (Å²) in [7, 11) is 0. The summed E-state index contributed by atoms with van der Waals surface area (Å²) in [6, 6.07) is 0.408. The number of anilines is 1. The second-order valence-electron chi connectivity index (χ2n) is 6.16. The van der Waals surface area contributed by atoms with Crippen molar-refractivity contribution in [3.63, 3.8) is 0 Å². The number of thioether (sulfide) groups is 1. The van der Waals surface area contributed by atoms with E-state index in [1.165, 1.54) is 25.7 Å². The van der Waals surface area contributed by atoms with Crippen molar-refractivity contribution in [1.29, 1.82) is 0 Å². The van der Waals surface area contributed by atoms with Crippen molar-refractivity contribution >= 4 is 33.4 Å². The average Bonchev–Trinajstić information content (AvgIpc) is 2.88. The van der Waals surface area contributed by atoms with Crippen LogP contribution in [-0.2, 0) is 6.54 Å². The van der Waals surface area contributed by atoms with Crippen molar-refractivity contribution in [3.05, 3.63) is 21.0 Å². The van der Waals surface area contributed by atoms with E-state index in [1.54, 1.807) is 10.9 Å². The van der Waals surface area contributed by atoms with Crippen LogP contribution in [0.2, 0.25) is 0 Å². The molecule has 1 aromatic rings. The molecular formula is C15H22BrN3OS. The molecule has 1 N–H and O–H groups in total. The van der Waals surface area contributed by atoms with Gasteiger partial charge in [-0.2, -0.15) is 16.9 Å². The summed E-state index contributed by atoms with van der Waals surface area (Å²) in [6.07, 6.45) is 11.2. The predicted molar refractivity (Wildman–Crippen MR) is 92.1 cm³/mol. The van der Waals surface area contributed by atoms with Crippen LogP contribution in [0.25, 0.3) is 0 Å². The van der Waals surface area contributed by atoms with Crippen molar-refractivity contribution in [1.82, 2.24) is 9.78 Å². The predicted octanol–water partition coefficient (Wildman–Crippen LogP) is 3.50. The minimum atomic E-state index is 0.0175. The summed E-state index contributed by atoms with van der Waals surface area (Å²) in [5, 5.41) is 8.46. The second kappa shape index (κ2) is 6.73. The zero-order valence-corrected chi connectivity index (χ0v) is 14.8. The molecule has 0 radical (unpaired) electrons. The van der Waals surface area contributed by atoms with E-state index in [4.69, 9.17) is 0 Å². The Hall–Kier alpha value is -0.490. The number of nitrogens with zero attached hydrogens (tertiary/aromatic N) is 2. The van der Waals surface area contributed by atoms with Crippen LogP contribution in [0.3, 0.4) is 0 Å². The topological polar surface area (TPSA) is 46.9 Å². The highest BCUT2D eigenvalue weighted by molar-refractivity contribution is 9.10. The molecule has 2 aliphatic carbocycles. The third kappa shape index (κ3) is 3.47. The van der Waals surface area contributed by atoms with E-state index in [0.29, 0.717) is 17.6 Å². The largest absolute Gasteiger partial charge is 0.377 e. The minimum absolute atomic E-state index is 0.0175. The summed E-state index contributed by atoms with van der Waals surface area (Å²) < 4.78 is 2.42. The first-order valence-electron chi connectivity index (χ1n) is 7.72. The van der Waals surface area contributed by atoms with E-state index < -0.39 is 0 Å². The summed E-state index contributed by atoms with van der Waals surface area (Å²) in [6.45, 7) is 0.763. The maximum Gasteiger partial charge on any atom is 0.291 e. The van der Waals surface area contributed by atoms with Gasteiger partial charge in [0.25, 0.3) is 5.56 Å². The molecule has 2 unspecified atom stereocenters. The summed E-state index contributed by atoms with van der Waals surface area (Å²) in [5.74, 6) is 0.636. The lowest BCUT2D eigenvalue weighted by atomic mass is 9.85. The molecule has 0 bridgehead atoms. The molecule has 6 heteroatoms. The SMILES string of the molecule is CSC1CCC(Nc2c(Br)cnn(CC3CCC3)c2=O)C1. The van der Waals surface area contributed by atoms with Gasteiger partial charge in [-0.3, -0.25) is 4.79 Å². The van der Waals surface area contributed by atoms with E-state index in [-0.39, 0.29) is 5.56 Å². The fourth-order valence-corrected chi connectivity index (χ4v) is 4.31. The fraction of sp³-hybridized carbons (Fsp3) is 0.733. The van der Waals surface area contributed by atoms with E-state index in [2.05, 4.69) is 32.6 Å². The van der Waals surface area contributed by atoms with Gasteiger partial charge in [0, 0.05) is 17.8 Å². The van der Waals surface area contributed by atoms with Crippen LogP contribution in [0, 0.1) is 5.92 Å². The van der Waals surface area contributed by atoms with Gasteiger partial charge in [-0.25, -0.2) is 4.68 Å². The normalized spacial score (nSPS) is 25.8. The summed E-state index contributed by atoms with van der Waals surface area (Å²) >= 11 is 5.40. The lowest BCUT2D eigenvalue weighted by Gasteiger charge is -2.25. The van der Waals surface area contributed by atoms with Crippen molar-refractivity contribution in [3.8, 4) is 0 Å². The molecule has 0 aromatic carbocycles. The van der Waals surface area contributed by atoms with Crippen LogP contribution in [-0.4, -0.2) is 27.3 Å². The summed E-state index contributed by atoms with van der Waals surface area (Å²) in [5.41, 5.74) is 0.708. The number of halogens is 1. The molecule has 0 spiro atoms. The molecule has 0 amide bonds. The molecule has 2 saturated carbocycles. The fourth-order valence-electron chi connectivity index (χ4n) is 3.14. The molecule has 2 fully saturated rings. The molecule has 3 rings (SSSR count). The van der Waals surface area contributed by atoms with Gasteiger partial charge in [0.05, 0.1) is 10.7 Å². The van der Waals surface area contributed by atoms with Crippen LogP contribution < -0.4 is 10.9 Å². The van der Waals surface area contributed by atoms with Gasteiger partial charge in [-0.1, -0.05) is 6.42 Å². The van der Waals surface area contributed by atoms with Gasteiger partial charge in [-0.15, -0.1) is 0 Å². The number of nitrogens with one attached hydrogen (secondary N) is 1. The number of hydrogen-bond donors (Lipinski definition) is 1. The molecule has 0 aliphatic heterocycles. The lowest BCUT2D eigenvalue weighted by molar-refractivity contribution is 0.262. The number of aromatic nitrogens is 2. The van der Waals surface area contributed by atoms with Crippen molar-refractivity contribution in [2.45, 2.75) is 56.4 Å². The smallest absolute Gasteiger partial charge is 0.291 e. The van der Waals surface area contributed by atoms with Crippen LogP contribution in [0.1, 0.15) is 38.5 Å². The van der Waals surface area contributed by atoms with Crippen LogP contribution in [0.5, 0.6) is 0 Å². The Morgan fingerprint density at radius 2 is 2.24 bits per heavy atom. The monoisotopic (exact) mass is 371 g/mol. The van der Waals surface area contributed by atoms with Crippen LogP contribution in [0.4, 0.5) is 5.69 Å². The maximum absolute atomic E-state index is 12.6. The van der Waals surface area contributed by atoms with Gasteiger partial charge in [-0.05, 0) is 60.2 Å². The molecule has 1 aromatic heterocycles. The Morgan fingerprint density at radius 3 is 2.86 bits per heavy atom. The minimum Gasteiger partial charge on any atom is -0.377 e. The Kier molecular flexibility index (Phi) is 4.94. The third-order valence-corrected chi connectivity index (χ3v) is 6.42. The van der Waals surface area contributed by atoms with E-state index >= 15 is 0 Å². The average molecular weight is 372 g/mol. The Morgan fingerprint density at radius 1 is 1.43 bits per heavy atom.